The van der Waals surface area contributed by atoms with Gasteiger partial charge in [0.15, 0.2) is 6.20 Å². The SMILES string of the molecule is CC[n+]1cc2c(c3ccccc31)Nc1ccccc1S2. The van der Waals surface area contributed by atoms with Crippen molar-refractivity contribution in [2.75, 3.05) is 5.32 Å². The normalized spacial score (nSPS) is 12.7. The average Bonchev–Trinajstić information content (AvgIpc) is 2.52. The Morgan fingerprint density at radius 1 is 1.00 bits per heavy atom. The van der Waals surface area contributed by atoms with E-state index in [1.54, 1.807) is 0 Å². The Morgan fingerprint density at radius 2 is 1.80 bits per heavy atom. The van der Waals surface area contributed by atoms with Gasteiger partial charge in [-0.3, -0.25) is 0 Å². The highest BCUT2D eigenvalue weighted by atomic mass is 32.2. The van der Waals surface area contributed by atoms with Crippen LogP contribution in [0.15, 0.2) is 64.5 Å². The van der Waals surface area contributed by atoms with Gasteiger partial charge in [0.25, 0.3) is 0 Å². The maximum Gasteiger partial charge on any atom is 0.214 e. The first-order valence-electron chi connectivity index (χ1n) is 6.86. The Kier molecular flexibility index (Phi) is 2.67. The number of aryl methyl sites for hydroxylation is 1. The van der Waals surface area contributed by atoms with Crippen molar-refractivity contribution < 1.29 is 4.57 Å². The lowest BCUT2D eigenvalue weighted by molar-refractivity contribution is -0.669. The monoisotopic (exact) mass is 279 g/mol. The number of hydrogen-bond donors (Lipinski definition) is 1. The Morgan fingerprint density at radius 3 is 2.70 bits per heavy atom. The van der Waals surface area contributed by atoms with Crippen molar-refractivity contribution in [2.45, 2.75) is 23.3 Å². The zero-order valence-corrected chi connectivity index (χ0v) is 12.1. The van der Waals surface area contributed by atoms with Crippen molar-refractivity contribution in [3.63, 3.8) is 0 Å². The minimum Gasteiger partial charge on any atom is -0.353 e. The van der Waals surface area contributed by atoms with E-state index in [0.717, 1.165) is 6.54 Å². The summed E-state index contributed by atoms with van der Waals surface area (Å²) < 4.78 is 2.32. The number of pyridine rings is 1. The van der Waals surface area contributed by atoms with Crippen LogP contribution < -0.4 is 9.88 Å². The van der Waals surface area contributed by atoms with Crippen LogP contribution in [-0.2, 0) is 6.54 Å². The highest BCUT2D eigenvalue weighted by molar-refractivity contribution is 7.99. The summed E-state index contributed by atoms with van der Waals surface area (Å²) in [6.07, 6.45) is 2.26. The summed E-state index contributed by atoms with van der Waals surface area (Å²) in [4.78, 5) is 2.59. The van der Waals surface area contributed by atoms with Crippen LogP contribution in [0, 0.1) is 0 Å². The van der Waals surface area contributed by atoms with Crippen LogP contribution in [0.2, 0.25) is 0 Å². The van der Waals surface area contributed by atoms with Crippen LogP contribution >= 0.6 is 11.8 Å². The number of benzene rings is 2. The van der Waals surface area contributed by atoms with E-state index in [4.69, 9.17) is 0 Å². The van der Waals surface area contributed by atoms with Crippen molar-refractivity contribution in [3.8, 4) is 0 Å². The number of nitrogens with zero attached hydrogens (tertiary/aromatic N) is 1. The van der Waals surface area contributed by atoms with Gasteiger partial charge in [0.05, 0.1) is 16.8 Å². The van der Waals surface area contributed by atoms with E-state index in [1.165, 1.54) is 32.1 Å². The molecule has 0 amide bonds. The lowest BCUT2D eigenvalue weighted by Gasteiger charge is -2.21. The topological polar surface area (TPSA) is 15.9 Å². The van der Waals surface area contributed by atoms with Crippen LogP contribution in [-0.4, -0.2) is 0 Å². The van der Waals surface area contributed by atoms with Crippen molar-refractivity contribution >= 4 is 34.0 Å². The van der Waals surface area contributed by atoms with Crippen LogP contribution in [0.3, 0.4) is 0 Å². The lowest BCUT2D eigenvalue weighted by Crippen LogP contribution is -2.33. The van der Waals surface area contributed by atoms with E-state index in [2.05, 4.69) is 71.5 Å². The number of fused-ring (bicyclic) bond motifs is 4. The summed E-state index contributed by atoms with van der Waals surface area (Å²) in [5, 5.41) is 4.89. The van der Waals surface area contributed by atoms with Crippen LogP contribution in [0.5, 0.6) is 0 Å². The van der Waals surface area contributed by atoms with Crippen molar-refractivity contribution in [2.24, 2.45) is 0 Å². The summed E-state index contributed by atoms with van der Waals surface area (Å²) in [5.74, 6) is 0. The average molecular weight is 279 g/mol. The molecule has 98 valence electrons. The summed E-state index contributed by atoms with van der Waals surface area (Å²) in [5.41, 5.74) is 3.71. The van der Waals surface area contributed by atoms with E-state index in [9.17, 15) is 0 Å². The van der Waals surface area contributed by atoms with E-state index < -0.39 is 0 Å². The zero-order valence-electron chi connectivity index (χ0n) is 11.3. The van der Waals surface area contributed by atoms with Gasteiger partial charge in [0.2, 0.25) is 5.52 Å². The zero-order chi connectivity index (χ0) is 13.5. The molecule has 4 rings (SSSR count). The molecule has 3 aromatic rings. The summed E-state index contributed by atoms with van der Waals surface area (Å²) in [6, 6.07) is 17.1. The van der Waals surface area contributed by atoms with Gasteiger partial charge in [-0.25, -0.2) is 0 Å². The molecule has 1 aromatic heterocycles. The fraction of sp³-hybridized carbons (Fsp3) is 0.118. The molecule has 0 bridgehead atoms. The predicted molar refractivity (Wildman–Crippen MR) is 83.7 cm³/mol. The van der Waals surface area contributed by atoms with Gasteiger partial charge in [-0.1, -0.05) is 36.0 Å². The molecular formula is C17H15N2S+. The van der Waals surface area contributed by atoms with E-state index in [0.29, 0.717) is 0 Å². The van der Waals surface area contributed by atoms with Gasteiger partial charge >= 0.3 is 0 Å². The third-order valence-electron chi connectivity index (χ3n) is 3.71. The van der Waals surface area contributed by atoms with Crippen molar-refractivity contribution in [1.82, 2.24) is 0 Å². The van der Waals surface area contributed by atoms with Gasteiger partial charge < -0.3 is 5.32 Å². The Bertz CT molecular complexity index is 811. The minimum absolute atomic E-state index is 0.982. The molecule has 0 saturated carbocycles. The summed E-state index contributed by atoms with van der Waals surface area (Å²) in [6.45, 7) is 3.17. The number of hydrogen-bond acceptors (Lipinski definition) is 2. The molecule has 20 heavy (non-hydrogen) atoms. The molecule has 0 saturated heterocycles. The fourth-order valence-electron chi connectivity index (χ4n) is 2.72. The van der Waals surface area contributed by atoms with Crippen molar-refractivity contribution in [1.29, 1.82) is 0 Å². The molecule has 0 unspecified atom stereocenters. The second kappa shape index (κ2) is 4.53. The first-order valence-corrected chi connectivity index (χ1v) is 7.67. The molecule has 1 N–H and O–H groups in total. The minimum atomic E-state index is 0.982. The number of aromatic nitrogens is 1. The second-order valence-corrected chi connectivity index (χ2v) is 5.98. The molecule has 1 aliphatic heterocycles. The molecule has 0 atom stereocenters. The van der Waals surface area contributed by atoms with Gasteiger partial charge in [0.1, 0.15) is 11.4 Å². The number of rotatable bonds is 1. The largest absolute Gasteiger partial charge is 0.353 e. The molecule has 0 fully saturated rings. The highest BCUT2D eigenvalue weighted by Crippen LogP contribution is 2.45. The second-order valence-electron chi connectivity index (χ2n) is 4.89. The molecule has 2 nitrogen and oxygen atoms in total. The van der Waals surface area contributed by atoms with Gasteiger partial charge in [0, 0.05) is 11.0 Å². The van der Waals surface area contributed by atoms with E-state index >= 15 is 0 Å². The van der Waals surface area contributed by atoms with Gasteiger partial charge in [-0.2, -0.15) is 4.57 Å². The molecule has 0 spiro atoms. The predicted octanol–water partition coefficient (Wildman–Crippen LogP) is 4.36. The van der Waals surface area contributed by atoms with Gasteiger partial charge in [-0.15, -0.1) is 0 Å². The lowest BCUT2D eigenvalue weighted by atomic mass is 10.1. The Balaban J connectivity index is 2.00. The third-order valence-corrected chi connectivity index (χ3v) is 4.81. The molecule has 2 aromatic carbocycles. The molecular weight excluding hydrogens is 264 g/mol. The summed E-state index contributed by atoms with van der Waals surface area (Å²) >= 11 is 1.84. The molecule has 2 heterocycles. The quantitative estimate of drug-likeness (QED) is 0.521. The number of para-hydroxylation sites is 2. The Hall–Kier alpha value is -2.00. The standard InChI is InChI=1S/C17H14N2S/c1-2-19-11-16-17(12-7-3-5-9-14(12)19)18-13-8-4-6-10-15(13)20-16/h3-11H,2H2,1H3/p+1. The first kappa shape index (κ1) is 11.8. The molecule has 1 aliphatic rings. The first-order chi connectivity index (χ1) is 9.86. The van der Waals surface area contributed by atoms with Crippen molar-refractivity contribution in [3.05, 3.63) is 54.7 Å². The van der Waals surface area contributed by atoms with E-state index in [1.807, 2.05) is 11.8 Å². The smallest absolute Gasteiger partial charge is 0.214 e. The number of anilines is 2. The Labute approximate surface area is 122 Å². The molecule has 0 aliphatic carbocycles. The van der Waals surface area contributed by atoms with Crippen LogP contribution in [0.25, 0.3) is 10.9 Å². The number of nitrogens with one attached hydrogen (secondary N) is 1. The molecule has 3 heteroatoms. The highest BCUT2D eigenvalue weighted by Gasteiger charge is 2.22. The summed E-state index contributed by atoms with van der Waals surface area (Å²) in [7, 11) is 0. The fourth-order valence-corrected chi connectivity index (χ4v) is 3.78. The maximum atomic E-state index is 3.60. The van der Waals surface area contributed by atoms with Gasteiger partial charge in [-0.05, 0) is 25.1 Å². The van der Waals surface area contributed by atoms with E-state index in [-0.39, 0.29) is 0 Å². The van der Waals surface area contributed by atoms with Crippen LogP contribution in [0.1, 0.15) is 6.92 Å². The molecule has 0 radical (unpaired) electrons. The van der Waals surface area contributed by atoms with Crippen LogP contribution in [0.4, 0.5) is 11.4 Å². The third kappa shape index (κ3) is 1.70. The maximum absolute atomic E-state index is 3.60.